The predicted molar refractivity (Wildman–Crippen MR) is 92.4 cm³/mol. The van der Waals surface area contributed by atoms with Crippen LogP contribution in [0, 0.1) is 5.92 Å². The smallest absolute Gasteiger partial charge is 0.0304 e. The molecule has 3 heteroatoms. The summed E-state index contributed by atoms with van der Waals surface area (Å²) in [4.78, 5) is 2.75. The van der Waals surface area contributed by atoms with Gasteiger partial charge in [0.15, 0.2) is 0 Å². The Hall–Kier alpha value is -0.380. The Labute approximate surface area is 137 Å². The van der Waals surface area contributed by atoms with E-state index in [-0.39, 0.29) is 0 Å². The van der Waals surface area contributed by atoms with E-state index in [0.717, 1.165) is 18.5 Å². The normalized spacial score (nSPS) is 26.0. The first-order valence-electron chi connectivity index (χ1n) is 8.39. The SMILES string of the molecule is CCC1(CC)CN(Cc2ccc(Br)cc2)C(C2CC2)CN1. The van der Waals surface area contributed by atoms with Crippen LogP contribution < -0.4 is 5.32 Å². The average Bonchev–Trinajstić information content (AvgIpc) is 3.34. The van der Waals surface area contributed by atoms with E-state index in [9.17, 15) is 0 Å². The molecule has 1 aliphatic carbocycles. The van der Waals surface area contributed by atoms with Crippen molar-refractivity contribution in [2.45, 2.75) is 57.7 Å². The summed E-state index contributed by atoms with van der Waals surface area (Å²) in [5, 5.41) is 3.88. The van der Waals surface area contributed by atoms with Gasteiger partial charge in [0.2, 0.25) is 0 Å². The molecule has 1 saturated carbocycles. The summed E-state index contributed by atoms with van der Waals surface area (Å²) in [7, 11) is 0. The molecule has 2 fully saturated rings. The molecule has 0 amide bonds. The van der Waals surface area contributed by atoms with Crippen LogP contribution in [-0.4, -0.2) is 29.6 Å². The van der Waals surface area contributed by atoms with Crippen molar-refractivity contribution < 1.29 is 0 Å². The summed E-state index contributed by atoms with van der Waals surface area (Å²) in [6.07, 6.45) is 5.29. The number of rotatable bonds is 5. The van der Waals surface area contributed by atoms with E-state index in [1.807, 2.05) is 0 Å². The maximum Gasteiger partial charge on any atom is 0.0304 e. The van der Waals surface area contributed by atoms with Gasteiger partial charge in [-0.3, -0.25) is 4.90 Å². The molecule has 0 aromatic heterocycles. The third kappa shape index (κ3) is 3.52. The van der Waals surface area contributed by atoms with Crippen LogP contribution in [0.15, 0.2) is 28.7 Å². The predicted octanol–water partition coefficient (Wildman–Crippen LogP) is 4.19. The summed E-state index contributed by atoms with van der Waals surface area (Å²) < 4.78 is 1.17. The second-order valence-electron chi connectivity index (χ2n) is 6.80. The van der Waals surface area contributed by atoms with Crippen molar-refractivity contribution in [3.8, 4) is 0 Å². The van der Waals surface area contributed by atoms with E-state index < -0.39 is 0 Å². The van der Waals surface area contributed by atoms with Crippen molar-refractivity contribution >= 4 is 15.9 Å². The van der Waals surface area contributed by atoms with E-state index in [0.29, 0.717) is 5.54 Å². The molecule has 0 radical (unpaired) electrons. The molecule has 116 valence electrons. The highest BCUT2D eigenvalue weighted by molar-refractivity contribution is 9.10. The highest BCUT2D eigenvalue weighted by atomic mass is 79.9. The Morgan fingerprint density at radius 2 is 1.86 bits per heavy atom. The van der Waals surface area contributed by atoms with Crippen LogP contribution in [0.3, 0.4) is 0 Å². The van der Waals surface area contributed by atoms with Crippen molar-refractivity contribution in [3.05, 3.63) is 34.3 Å². The number of piperazine rings is 1. The van der Waals surface area contributed by atoms with Gasteiger partial charge in [-0.2, -0.15) is 0 Å². The van der Waals surface area contributed by atoms with Gasteiger partial charge in [0.1, 0.15) is 0 Å². The zero-order chi connectivity index (χ0) is 14.9. The molecule has 1 unspecified atom stereocenters. The van der Waals surface area contributed by atoms with Gasteiger partial charge < -0.3 is 5.32 Å². The van der Waals surface area contributed by atoms with E-state index >= 15 is 0 Å². The van der Waals surface area contributed by atoms with Gasteiger partial charge >= 0.3 is 0 Å². The van der Waals surface area contributed by atoms with Crippen molar-refractivity contribution in [2.75, 3.05) is 13.1 Å². The van der Waals surface area contributed by atoms with Crippen LogP contribution >= 0.6 is 15.9 Å². The topological polar surface area (TPSA) is 15.3 Å². The lowest BCUT2D eigenvalue weighted by Gasteiger charge is -2.48. The van der Waals surface area contributed by atoms with Crippen LogP contribution in [0.2, 0.25) is 0 Å². The van der Waals surface area contributed by atoms with Gasteiger partial charge in [0.25, 0.3) is 0 Å². The van der Waals surface area contributed by atoms with Gasteiger partial charge in [-0.05, 0) is 49.3 Å². The van der Waals surface area contributed by atoms with E-state index in [4.69, 9.17) is 0 Å². The van der Waals surface area contributed by atoms with Gasteiger partial charge in [-0.1, -0.05) is 41.9 Å². The number of nitrogens with one attached hydrogen (secondary N) is 1. The third-order valence-corrected chi connectivity index (χ3v) is 6.01. The number of hydrogen-bond acceptors (Lipinski definition) is 2. The molecule has 3 rings (SSSR count). The Morgan fingerprint density at radius 3 is 2.43 bits per heavy atom. The van der Waals surface area contributed by atoms with Crippen LogP contribution in [-0.2, 0) is 6.54 Å². The summed E-state index contributed by atoms with van der Waals surface area (Å²) in [5.74, 6) is 0.930. The zero-order valence-electron chi connectivity index (χ0n) is 13.2. The number of hydrogen-bond donors (Lipinski definition) is 1. The Bertz CT molecular complexity index is 463. The van der Waals surface area contributed by atoms with Crippen LogP contribution in [0.5, 0.6) is 0 Å². The van der Waals surface area contributed by atoms with Crippen LogP contribution in [0.1, 0.15) is 45.1 Å². The lowest BCUT2D eigenvalue weighted by molar-refractivity contribution is 0.0557. The molecule has 1 aromatic carbocycles. The second-order valence-corrected chi connectivity index (χ2v) is 7.72. The number of halogens is 1. The lowest BCUT2D eigenvalue weighted by Crippen LogP contribution is -2.64. The molecular formula is C18H27BrN2. The maximum atomic E-state index is 3.88. The van der Waals surface area contributed by atoms with Crippen LogP contribution in [0.4, 0.5) is 0 Å². The minimum absolute atomic E-state index is 0.320. The first kappa shape index (κ1) is 15.5. The maximum absolute atomic E-state index is 3.88. The van der Waals surface area contributed by atoms with Crippen molar-refractivity contribution in [3.63, 3.8) is 0 Å². The zero-order valence-corrected chi connectivity index (χ0v) is 14.8. The molecule has 2 aliphatic rings. The van der Waals surface area contributed by atoms with E-state index in [2.05, 4.69) is 64.3 Å². The summed E-state index contributed by atoms with van der Waals surface area (Å²) >= 11 is 3.53. The minimum atomic E-state index is 0.320. The largest absolute Gasteiger partial charge is 0.308 e. The third-order valence-electron chi connectivity index (χ3n) is 5.48. The Morgan fingerprint density at radius 1 is 1.19 bits per heavy atom. The monoisotopic (exact) mass is 350 g/mol. The highest BCUT2D eigenvalue weighted by Crippen LogP contribution is 2.38. The van der Waals surface area contributed by atoms with Crippen molar-refractivity contribution in [2.24, 2.45) is 5.92 Å². The summed E-state index contributed by atoms with van der Waals surface area (Å²) in [6.45, 7) is 8.11. The van der Waals surface area contributed by atoms with Crippen LogP contribution in [0.25, 0.3) is 0 Å². The molecule has 2 nitrogen and oxygen atoms in total. The molecule has 1 atom stereocenters. The summed E-state index contributed by atoms with van der Waals surface area (Å²) in [5.41, 5.74) is 1.76. The molecule has 0 spiro atoms. The minimum Gasteiger partial charge on any atom is -0.308 e. The number of benzene rings is 1. The fourth-order valence-corrected chi connectivity index (χ4v) is 3.94. The van der Waals surface area contributed by atoms with Gasteiger partial charge in [0, 0.05) is 35.7 Å². The van der Waals surface area contributed by atoms with E-state index in [1.54, 1.807) is 0 Å². The Balaban J connectivity index is 1.75. The molecule has 0 bridgehead atoms. The average molecular weight is 351 g/mol. The number of nitrogens with zero attached hydrogens (tertiary/aromatic N) is 1. The lowest BCUT2D eigenvalue weighted by atomic mass is 9.87. The molecular weight excluding hydrogens is 324 g/mol. The van der Waals surface area contributed by atoms with E-state index in [1.165, 1.54) is 48.8 Å². The Kier molecular flexibility index (Phi) is 4.72. The quantitative estimate of drug-likeness (QED) is 0.856. The first-order valence-corrected chi connectivity index (χ1v) is 9.18. The second kappa shape index (κ2) is 6.39. The molecule has 1 saturated heterocycles. The highest BCUT2D eigenvalue weighted by Gasteiger charge is 2.42. The standard InChI is InChI=1S/C18H27BrN2/c1-3-18(4-2)13-21(17(11-20-18)15-7-8-15)12-14-5-9-16(19)10-6-14/h5-6,9-10,15,17,20H,3-4,7-8,11-13H2,1-2H3. The van der Waals surface area contributed by atoms with Gasteiger partial charge in [-0.15, -0.1) is 0 Å². The fourth-order valence-electron chi connectivity index (χ4n) is 3.68. The molecule has 1 heterocycles. The van der Waals surface area contributed by atoms with Crippen molar-refractivity contribution in [1.29, 1.82) is 0 Å². The van der Waals surface area contributed by atoms with Gasteiger partial charge in [-0.25, -0.2) is 0 Å². The van der Waals surface area contributed by atoms with Crippen molar-refractivity contribution in [1.82, 2.24) is 10.2 Å². The molecule has 21 heavy (non-hydrogen) atoms. The fraction of sp³-hybridized carbons (Fsp3) is 0.667. The first-order chi connectivity index (χ1) is 10.2. The summed E-state index contributed by atoms with van der Waals surface area (Å²) in [6, 6.07) is 9.58. The van der Waals surface area contributed by atoms with Gasteiger partial charge in [0.05, 0.1) is 0 Å². The molecule has 1 aliphatic heterocycles. The molecule has 1 aromatic rings. The molecule has 1 N–H and O–H groups in total.